The molecule has 9 nitrogen and oxygen atoms in total. The van der Waals surface area contributed by atoms with E-state index in [1.54, 1.807) is 39.5 Å². The van der Waals surface area contributed by atoms with E-state index in [0.717, 1.165) is 0 Å². The zero-order valence-corrected chi connectivity index (χ0v) is 19.3. The summed E-state index contributed by atoms with van der Waals surface area (Å²) in [5, 5.41) is 0. The van der Waals surface area contributed by atoms with Crippen LogP contribution in [0.4, 0.5) is 4.79 Å². The topological polar surface area (TPSA) is 115 Å². The van der Waals surface area contributed by atoms with Crippen molar-refractivity contribution in [2.45, 2.75) is 66.1 Å². The van der Waals surface area contributed by atoms with Crippen molar-refractivity contribution in [3.05, 3.63) is 22.5 Å². The number of nitrogens with one attached hydrogen (secondary N) is 1. The Morgan fingerprint density at radius 2 is 1.68 bits per heavy atom. The van der Waals surface area contributed by atoms with Gasteiger partial charge in [0.15, 0.2) is 6.10 Å². The molecular formula is C22H32N2O7. The van der Waals surface area contributed by atoms with Crippen LogP contribution in [0.25, 0.3) is 0 Å². The van der Waals surface area contributed by atoms with Crippen molar-refractivity contribution in [2.24, 2.45) is 5.92 Å². The van der Waals surface area contributed by atoms with E-state index in [1.165, 1.54) is 14.0 Å². The second-order valence-electron chi connectivity index (χ2n) is 8.80. The van der Waals surface area contributed by atoms with Crippen LogP contribution in [0.2, 0.25) is 0 Å². The molecule has 0 saturated carbocycles. The summed E-state index contributed by atoms with van der Waals surface area (Å²) in [6, 6.07) is 0. The van der Waals surface area contributed by atoms with Crippen molar-refractivity contribution in [3.63, 3.8) is 0 Å². The molecule has 1 aliphatic heterocycles. The smallest absolute Gasteiger partial charge is 0.410 e. The van der Waals surface area contributed by atoms with Gasteiger partial charge in [-0.2, -0.15) is 0 Å². The first-order valence-electron chi connectivity index (χ1n) is 10.4. The lowest BCUT2D eigenvalue weighted by Crippen LogP contribution is -2.43. The fourth-order valence-electron chi connectivity index (χ4n) is 3.56. The van der Waals surface area contributed by atoms with E-state index in [2.05, 4.69) is 4.98 Å². The Morgan fingerprint density at radius 1 is 1.10 bits per heavy atom. The lowest BCUT2D eigenvalue weighted by molar-refractivity contribution is -0.152. The number of H-pyrrole nitrogens is 1. The van der Waals surface area contributed by atoms with Gasteiger partial charge >= 0.3 is 18.0 Å². The molecule has 1 aromatic heterocycles. The number of carbonyl (C=O) groups is 4. The average molecular weight is 437 g/mol. The minimum atomic E-state index is -1.02. The fraction of sp³-hybridized carbons (Fsp3) is 0.636. The van der Waals surface area contributed by atoms with E-state index >= 15 is 0 Å². The quantitative estimate of drug-likeness (QED) is 0.428. The van der Waals surface area contributed by atoms with Crippen LogP contribution >= 0.6 is 0 Å². The Morgan fingerprint density at radius 3 is 2.19 bits per heavy atom. The van der Waals surface area contributed by atoms with Gasteiger partial charge in [0.25, 0.3) is 0 Å². The molecule has 2 rings (SSSR count). The predicted molar refractivity (Wildman–Crippen MR) is 112 cm³/mol. The number of Topliss-reactive ketones (excluding diaryl/α,β-unsaturated/α-hetero) is 1. The number of esters is 2. The Kier molecular flexibility index (Phi) is 7.51. The highest BCUT2D eigenvalue weighted by molar-refractivity contribution is 6.04. The van der Waals surface area contributed by atoms with Gasteiger partial charge in [0.05, 0.1) is 24.3 Å². The highest BCUT2D eigenvalue weighted by atomic mass is 16.6. The summed E-state index contributed by atoms with van der Waals surface area (Å²) in [6.45, 7) is 11.0. The van der Waals surface area contributed by atoms with E-state index in [-0.39, 0.29) is 5.69 Å². The molecule has 9 heteroatoms. The Labute approximate surface area is 182 Å². The number of likely N-dealkylation sites (tertiary alicyclic amines) is 1. The fourth-order valence-corrected chi connectivity index (χ4v) is 3.56. The summed E-state index contributed by atoms with van der Waals surface area (Å²) >= 11 is 0. The summed E-state index contributed by atoms with van der Waals surface area (Å²) in [5.41, 5.74) is 0.922. The molecule has 0 aliphatic carbocycles. The normalized spacial score (nSPS) is 15.9. The van der Waals surface area contributed by atoms with E-state index in [4.69, 9.17) is 14.2 Å². The molecule has 1 N–H and O–H groups in total. The van der Waals surface area contributed by atoms with Crippen LogP contribution in [-0.4, -0.2) is 65.6 Å². The Bertz CT molecular complexity index is 858. The first kappa shape index (κ1) is 24.4. The average Bonchev–Trinajstić information content (AvgIpc) is 2.99. The number of aromatic amines is 1. The van der Waals surface area contributed by atoms with Gasteiger partial charge in [0.2, 0.25) is 5.78 Å². The van der Waals surface area contributed by atoms with Gasteiger partial charge in [-0.25, -0.2) is 9.59 Å². The maximum absolute atomic E-state index is 12.8. The van der Waals surface area contributed by atoms with Crippen molar-refractivity contribution < 1.29 is 33.4 Å². The molecule has 0 aromatic carbocycles. The number of rotatable bonds is 5. The highest BCUT2D eigenvalue weighted by Gasteiger charge is 2.33. The maximum atomic E-state index is 12.8. The number of hydrogen-bond acceptors (Lipinski definition) is 7. The second-order valence-corrected chi connectivity index (χ2v) is 8.80. The van der Waals surface area contributed by atoms with Crippen LogP contribution in [0.1, 0.15) is 72.6 Å². The molecule has 1 unspecified atom stereocenters. The minimum Gasteiger partial charge on any atom is -0.465 e. The van der Waals surface area contributed by atoms with Crippen molar-refractivity contribution in [3.8, 4) is 0 Å². The number of ketones is 1. The van der Waals surface area contributed by atoms with Gasteiger partial charge in [0, 0.05) is 18.8 Å². The SMILES string of the molecule is COC(=O)c1c(C)[nH]c(C(=O)C(C)OC(=O)C2CCN(C(=O)OC(C)(C)C)CC2)c1C. The van der Waals surface area contributed by atoms with E-state index in [9.17, 15) is 19.2 Å². The Balaban J connectivity index is 1.95. The highest BCUT2D eigenvalue weighted by Crippen LogP contribution is 2.24. The summed E-state index contributed by atoms with van der Waals surface area (Å²) in [5.74, 6) is -1.83. The van der Waals surface area contributed by atoms with Gasteiger partial charge in [-0.05, 0) is 59.9 Å². The first-order valence-corrected chi connectivity index (χ1v) is 10.4. The van der Waals surface area contributed by atoms with Crippen LogP contribution in [0, 0.1) is 19.8 Å². The van der Waals surface area contributed by atoms with Crippen molar-refractivity contribution in [1.29, 1.82) is 0 Å². The molecule has 2 heterocycles. The third kappa shape index (κ3) is 5.86. The number of piperidine rings is 1. The zero-order chi connectivity index (χ0) is 23.5. The zero-order valence-electron chi connectivity index (χ0n) is 19.3. The van der Waals surface area contributed by atoms with E-state index < -0.39 is 41.4 Å². The monoisotopic (exact) mass is 436 g/mol. The summed E-state index contributed by atoms with van der Waals surface area (Å²) < 4.78 is 15.5. The Hall–Kier alpha value is -2.84. The van der Waals surface area contributed by atoms with Crippen molar-refractivity contribution in [2.75, 3.05) is 20.2 Å². The van der Waals surface area contributed by atoms with Gasteiger partial charge in [0.1, 0.15) is 5.60 Å². The lowest BCUT2D eigenvalue weighted by atomic mass is 9.97. The molecule has 1 atom stereocenters. The summed E-state index contributed by atoms with van der Waals surface area (Å²) in [6.07, 6.45) is -0.543. The lowest BCUT2D eigenvalue weighted by Gasteiger charge is -2.32. The van der Waals surface area contributed by atoms with Gasteiger partial charge in [-0.3, -0.25) is 9.59 Å². The molecule has 31 heavy (non-hydrogen) atoms. The summed E-state index contributed by atoms with van der Waals surface area (Å²) in [4.78, 5) is 53.9. The number of hydrogen-bond donors (Lipinski definition) is 1. The molecule has 1 fully saturated rings. The number of nitrogens with zero attached hydrogens (tertiary/aromatic N) is 1. The first-order chi connectivity index (χ1) is 14.4. The van der Waals surface area contributed by atoms with Crippen LogP contribution in [0.5, 0.6) is 0 Å². The largest absolute Gasteiger partial charge is 0.465 e. The predicted octanol–water partition coefficient (Wildman–Crippen LogP) is 3.18. The van der Waals surface area contributed by atoms with Gasteiger partial charge < -0.3 is 24.1 Å². The third-order valence-corrected chi connectivity index (χ3v) is 5.22. The van der Waals surface area contributed by atoms with Crippen LogP contribution in [-0.2, 0) is 19.0 Å². The molecule has 0 radical (unpaired) electrons. The molecule has 1 amide bonds. The third-order valence-electron chi connectivity index (χ3n) is 5.22. The molecule has 0 bridgehead atoms. The molecular weight excluding hydrogens is 404 g/mol. The van der Waals surface area contributed by atoms with Crippen LogP contribution in [0.15, 0.2) is 0 Å². The second kappa shape index (κ2) is 9.53. The number of ether oxygens (including phenoxy) is 3. The molecule has 172 valence electrons. The van der Waals surface area contributed by atoms with Crippen LogP contribution < -0.4 is 0 Å². The number of amides is 1. The summed E-state index contributed by atoms with van der Waals surface area (Å²) in [7, 11) is 1.27. The van der Waals surface area contributed by atoms with E-state index in [1.807, 2.05) is 0 Å². The molecule has 1 aliphatic rings. The number of methoxy groups -OCH3 is 1. The van der Waals surface area contributed by atoms with Crippen LogP contribution in [0.3, 0.4) is 0 Å². The maximum Gasteiger partial charge on any atom is 0.410 e. The standard InChI is InChI=1S/C22H32N2O7/c1-12-16(20(27)29-7)13(2)23-17(12)18(25)14(3)30-19(26)15-8-10-24(11-9-15)21(28)31-22(4,5)6/h14-15,23H,8-11H2,1-7H3. The van der Waals surface area contributed by atoms with E-state index in [0.29, 0.717) is 42.8 Å². The van der Waals surface area contributed by atoms with Crippen molar-refractivity contribution >= 4 is 23.8 Å². The molecule has 0 spiro atoms. The number of aryl methyl sites for hydroxylation is 1. The number of carbonyl (C=O) groups excluding carboxylic acids is 4. The van der Waals surface area contributed by atoms with Gasteiger partial charge in [-0.1, -0.05) is 0 Å². The van der Waals surface area contributed by atoms with Gasteiger partial charge in [-0.15, -0.1) is 0 Å². The number of aromatic nitrogens is 1. The molecule has 1 saturated heterocycles. The van der Waals surface area contributed by atoms with Crippen molar-refractivity contribution in [1.82, 2.24) is 9.88 Å². The molecule has 1 aromatic rings. The minimum absolute atomic E-state index is 0.220.